The van der Waals surface area contributed by atoms with E-state index in [-0.39, 0.29) is 11.7 Å². The molecular formula is C17H18ClNO3. The summed E-state index contributed by atoms with van der Waals surface area (Å²) in [5.41, 5.74) is 1.57. The fraction of sp³-hybridized carbons (Fsp3) is 0.294. The molecule has 4 nitrogen and oxygen atoms in total. The van der Waals surface area contributed by atoms with Gasteiger partial charge in [0.2, 0.25) is 5.91 Å². The zero-order valence-corrected chi connectivity index (χ0v) is 13.4. The third-order valence-electron chi connectivity index (χ3n) is 3.35. The van der Waals surface area contributed by atoms with Crippen LogP contribution in [0.15, 0.2) is 34.7 Å². The minimum Gasteiger partial charge on any atom is -0.466 e. The molecule has 1 N–H and O–H groups in total. The number of hydrogen-bond donors (Lipinski definition) is 1. The number of rotatable bonds is 6. The normalized spacial score (nSPS) is 10.5. The quantitative estimate of drug-likeness (QED) is 0.826. The first-order chi connectivity index (χ1) is 10.5. The lowest BCUT2D eigenvalue weighted by Crippen LogP contribution is -2.22. The molecule has 2 rings (SSSR count). The Morgan fingerprint density at radius 3 is 2.50 bits per heavy atom. The van der Waals surface area contributed by atoms with Gasteiger partial charge < -0.3 is 9.73 Å². The van der Waals surface area contributed by atoms with Crippen LogP contribution in [0.4, 0.5) is 0 Å². The highest BCUT2D eigenvalue weighted by atomic mass is 35.5. The number of halogens is 1. The van der Waals surface area contributed by atoms with Crippen LogP contribution in [-0.2, 0) is 17.8 Å². The standard InChI is InChI=1S/C17H18ClNO3/c1-11(20)16-9-15(22-12(16)2)7-8-17(21)19-10-13-3-5-14(18)6-4-13/h3-6,9H,7-8,10H2,1-2H3,(H,19,21). The Morgan fingerprint density at radius 2 is 1.91 bits per heavy atom. The summed E-state index contributed by atoms with van der Waals surface area (Å²) < 4.78 is 5.49. The van der Waals surface area contributed by atoms with Gasteiger partial charge in [-0.1, -0.05) is 23.7 Å². The Morgan fingerprint density at radius 1 is 1.23 bits per heavy atom. The van der Waals surface area contributed by atoms with E-state index < -0.39 is 0 Å². The van der Waals surface area contributed by atoms with E-state index in [9.17, 15) is 9.59 Å². The van der Waals surface area contributed by atoms with Crippen molar-refractivity contribution in [3.05, 3.63) is 58.0 Å². The number of amides is 1. The van der Waals surface area contributed by atoms with Gasteiger partial charge in [0.25, 0.3) is 0 Å². The number of carbonyl (C=O) groups is 2. The molecule has 0 spiro atoms. The number of hydrogen-bond acceptors (Lipinski definition) is 3. The zero-order chi connectivity index (χ0) is 16.1. The van der Waals surface area contributed by atoms with E-state index >= 15 is 0 Å². The van der Waals surface area contributed by atoms with Gasteiger partial charge in [0, 0.05) is 24.4 Å². The number of ketones is 1. The molecule has 1 aromatic heterocycles. The molecule has 0 bridgehead atoms. The smallest absolute Gasteiger partial charge is 0.220 e. The van der Waals surface area contributed by atoms with Gasteiger partial charge in [-0.15, -0.1) is 0 Å². The molecule has 0 aliphatic heterocycles. The van der Waals surface area contributed by atoms with Crippen LogP contribution in [0.2, 0.25) is 5.02 Å². The first-order valence-corrected chi connectivity index (χ1v) is 7.45. The lowest BCUT2D eigenvalue weighted by atomic mass is 10.1. The molecule has 0 aliphatic rings. The van der Waals surface area contributed by atoms with Crippen LogP contribution in [0.1, 0.15) is 40.8 Å². The summed E-state index contributed by atoms with van der Waals surface area (Å²) >= 11 is 5.81. The maximum atomic E-state index is 11.8. The molecule has 116 valence electrons. The van der Waals surface area contributed by atoms with E-state index in [2.05, 4.69) is 5.32 Å². The molecule has 0 saturated heterocycles. The molecule has 0 aliphatic carbocycles. The summed E-state index contributed by atoms with van der Waals surface area (Å²) in [5, 5.41) is 3.51. The fourth-order valence-electron chi connectivity index (χ4n) is 2.14. The lowest BCUT2D eigenvalue weighted by molar-refractivity contribution is -0.121. The predicted molar refractivity (Wildman–Crippen MR) is 85.1 cm³/mol. The molecule has 0 radical (unpaired) electrons. The van der Waals surface area contributed by atoms with E-state index in [1.807, 2.05) is 12.1 Å². The number of nitrogens with one attached hydrogen (secondary N) is 1. The molecule has 0 fully saturated rings. The fourth-order valence-corrected chi connectivity index (χ4v) is 2.27. The minimum absolute atomic E-state index is 0.0281. The second-order valence-corrected chi connectivity index (χ2v) is 5.58. The van der Waals surface area contributed by atoms with Crippen molar-refractivity contribution in [3.8, 4) is 0 Å². The third kappa shape index (κ3) is 4.46. The van der Waals surface area contributed by atoms with Crippen LogP contribution in [0.25, 0.3) is 0 Å². The van der Waals surface area contributed by atoms with Gasteiger partial charge in [0.15, 0.2) is 5.78 Å². The van der Waals surface area contributed by atoms with Crippen LogP contribution in [-0.4, -0.2) is 11.7 Å². The first kappa shape index (κ1) is 16.3. The van der Waals surface area contributed by atoms with Crippen molar-refractivity contribution in [2.24, 2.45) is 0 Å². The Hall–Kier alpha value is -2.07. The average Bonchev–Trinajstić information content (AvgIpc) is 2.86. The molecular weight excluding hydrogens is 302 g/mol. The van der Waals surface area contributed by atoms with Crippen molar-refractivity contribution < 1.29 is 14.0 Å². The van der Waals surface area contributed by atoms with E-state index in [0.717, 1.165) is 5.56 Å². The summed E-state index contributed by atoms with van der Waals surface area (Å²) in [7, 11) is 0. The number of benzene rings is 1. The SMILES string of the molecule is CC(=O)c1cc(CCC(=O)NCc2ccc(Cl)cc2)oc1C. The summed E-state index contributed by atoms with van der Waals surface area (Å²) in [5.74, 6) is 1.17. The van der Waals surface area contributed by atoms with Gasteiger partial charge in [-0.3, -0.25) is 9.59 Å². The zero-order valence-electron chi connectivity index (χ0n) is 12.6. The van der Waals surface area contributed by atoms with Gasteiger partial charge in [-0.2, -0.15) is 0 Å². The summed E-state index contributed by atoms with van der Waals surface area (Å²) in [4.78, 5) is 23.2. The molecule has 1 aromatic carbocycles. The first-order valence-electron chi connectivity index (χ1n) is 7.07. The molecule has 2 aromatic rings. The highest BCUT2D eigenvalue weighted by Gasteiger charge is 2.12. The average molecular weight is 320 g/mol. The minimum atomic E-state index is -0.0617. The Kier molecular flexibility index (Phi) is 5.39. The molecule has 0 atom stereocenters. The predicted octanol–water partition coefficient (Wildman–Crippen LogP) is 3.69. The van der Waals surface area contributed by atoms with Crippen LogP contribution in [0.5, 0.6) is 0 Å². The Labute approximate surface area is 134 Å². The van der Waals surface area contributed by atoms with Crippen molar-refractivity contribution in [2.75, 3.05) is 0 Å². The van der Waals surface area contributed by atoms with E-state index in [4.69, 9.17) is 16.0 Å². The summed E-state index contributed by atoms with van der Waals surface area (Å²) in [6.07, 6.45) is 0.790. The summed E-state index contributed by atoms with van der Waals surface area (Å²) in [6.45, 7) is 3.72. The van der Waals surface area contributed by atoms with E-state index in [1.54, 1.807) is 25.1 Å². The van der Waals surface area contributed by atoms with Crippen LogP contribution < -0.4 is 5.32 Å². The molecule has 0 saturated carbocycles. The highest BCUT2D eigenvalue weighted by Crippen LogP contribution is 2.16. The second kappa shape index (κ2) is 7.27. The van der Waals surface area contributed by atoms with Crippen molar-refractivity contribution in [1.29, 1.82) is 0 Å². The number of carbonyl (C=O) groups excluding carboxylic acids is 2. The van der Waals surface area contributed by atoms with Crippen molar-refractivity contribution in [1.82, 2.24) is 5.32 Å². The molecule has 0 unspecified atom stereocenters. The van der Waals surface area contributed by atoms with E-state index in [1.165, 1.54) is 6.92 Å². The largest absolute Gasteiger partial charge is 0.466 e. The van der Waals surface area contributed by atoms with Crippen LogP contribution in [0, 0.1) is 6.92 Å². The van der Waals surface area contributed by atoms with Crippen LogP contribution >= 0.6 is 11.6 Å². The van der Waals surface area contributed by atoms with Gasteiger partial charge in [0.1, 0.15) is 11.5 Å². The third-order valence-corrected chi connectivity index (χ3v) is 3.60. The lowest BCUT2D eigenvalue weighted by Gasteiger charge is -2.04. The van der Waals surface area contributed by atoms with Gasteiger partial charge in [-0.25, -0.2) is 0 Å². The van der Waals surface area contributed by atoms with E-state index in [0.29, 0.717) is 41.5 Å². The molecule has 1 amide bonds. The number of aryl methyl sites for hydroxylation is 2. The number of Topliss-reactive ketones (excluding diaryl/α,β-unsaturated/α-hetero) is 1. The van der Waals surface area contributed by atoms with Crippen LogP contribution in [0.3, 0.4) is 0 Å². The Bertz CT molecular complexity index is 674. The van der Waals surface area contributed by atoms with Gasteiger partial charge >= 0.3 is 0 Å². The molecule has 22 heavy (non-hydrogen) atoms. The monoisotopic (exact) mass is 319 g/mol. The highest BCUT2D eigenvalue weighted by molar-refractivity contribution is 6.30. The van der Waals surface area contributed by atoms with Crippen molar-refractivity contribution >= 4 is 23.3 Å². The number of furan rings is 1. The van der Waals surface area contributed by atoms with Crippen molar-refractivity contribution in [2.45, 2.75) is 33.2 Å². The second-order valence-electron chi connectivity index (χ2n) is 5.14. The molecule has 1 heterocycles. The molecule has 5 heteroatoms. The topological polar surface area (TPSA) is 59.3 Å². The maximum Gasteiger partial charge on any atom is 0.220 e. The van der Waals surface area contributed by atoms with Gasteiger partial charge in [-0.05, 0) is 37.6 Å². The van der Waals surface area contributed by atoms with Crippen molar-refractivity contribution in [3.63, 3.8) is 0 Å². The summed E-state index contributed by atoms with van der Waals surface area (Å²) in [6, 6.07) is 9.04. The Balaban J connectivity index is 1.81. The van der Waals surface area contributed by atoms with Gasteiger partial charge in [0.05, 0.1) is 5.56 Å². The maximum absolute atomic E-state index is 11.8.